The van der Waals surface area contributed by atoms with Crippen LogP contribution in [0.15, 0.2) is 34.2 Å². The van der Waals surface area contributed by atoms with Crippen molar-refractivity contribution >= 4 is 30.2 Å². The second kappa shape index (κ2) is 5.50. The third-order valence-corrected chi connectivity index (χ3v) is 4.10. The molecule has 1 aliphatic carbocycles. The summed E-state index contributed by atoms with van der Waals surface area (Å²) in [7, 11) is 0. The van der Waals surface area contributed by atoms with Gasteiger partial charge in [0.1, 0.15) is 17.7 Å². The number of H-pyrrole nitrogens is 1. The average molecular weight is 318 g/mol. The van der Waals surface area contributed by atoms with E-state index in [1.54, 1.807) is 24.5 Å². The minimum Gasteiger partial charge on any atom is -0.451 e. The van der Waals surface area contributed by atoms with E-state index in [1.165, 1.54) is 6.39 Å². The third kappa shape index (κ3) is 2.72. The van der Waals surface area contributed by atoms with Crippen LogP contribution < -0.4 is 15.9 Å². The lowest BCUT2D eigenvalue weighted by Gasteiger charge is -2.13. The Morgan fingerprint density at radius 1 is 1.59 bits per heavy atom. The molecule has 1 aliphatic rings. The molecule has 2 heterocycles. The molecule has 22 heavy (non-hydrogen) atoms. The molecule has 0 aromatic carbocycles. The van der Waals surface area contributed by atoms with Crippen LogP contribution >= 0.6 is 11.6 Å². The predicted octanol–water partition coefficient (Wildman–Crippen LogP) is 1.76. The molecule has 0 spiro atoms. The van der Waals surface area contributed by atoms with Gasteiger partial charge in [0.05, 0.1) is 5.54 Å². The maximum Gasteiger partial charge on any atom is 0.268 e. The normalized spacial score (nSPS) is 17.5. The molecule has 2 aromatic heterocycles. The zero-order valence-corrected chi connectivity index (χ0v) is 12.9. The molecule has 1 saturated carbocycles. The number of hydrogen-bond acceptors (Lipinski definition) is 3. The van der Waals surface area contributed by atoms with E-state index in [9.17, 15) is 4.79 Å². The first-order chi connectivity index (χ1) is 10.5. The number of halogens is 1. The quantitative estimate of drug-likeness (QED) is 0.902. The van der Waals surface area contributed by atoms with Gasteiger partial charge in [-0.05, 0) is 31.9 Å². The third-order valence-electron chi connectivity index (χ3n) is 3.77. The van der Waals surface area contributed by atoms with Crippen molar-refractivity contribution in [1.29, 1.82) is 0 Å². The largest absolute Gasteiger partial charge is 0.451 e. The first-order valence-corrected chi connectivity index (χ1v) is 7.34. The van der Waals surface area contributed by atoms with Gasteiger partial charge >= 0.3 is 0 Å². The van der Waals surface area contributed by atoms with Crippen molar-refractivity contribution in [3.63, 3.8) is 0 Å². The molecule has 1 fully saturated rings. The van der Waals surface area contributed by atoms with Crippen LogP contribution in [0.4, 0.5) is 0 Å². The molecule has 0 atom stereocenters. The van der Waals surface area contributed by atoms with Gasteiger partial charge in [-0.2, -0.15) is 0 Å². The number of carbonyl (C=O) groups excluding carboxylic acids is 1. The molecule has 2 N–H and O–H groups in total. The summed E-state index contributed by atoms with van der Waals surface area (Å²) in [6.07, 6.45) is 8.19. The Kier molecular flexibility index (Phi) is 3.66. The highest BCUT2D eigenvalue weighted by atomic mass is 35.5. The minimum atomic E-state index is -0.401. The molecule has 2 aromatic rings. The molecule has 0 unspecified atom stereocenters. The molecular weight excluding hydrogens is 302 g/mol. The number of aromatic nitrogens is 2. The summed E-state index contributed by atoms with van der Waals surface area (Å²) in [5.74, 6) is -0.193. The second-order valence-corrected chi connectivity index (χ2v) is 5.78. The highest BCUT2D eigenvalue weighted by molar-refractivity contribution is 6.33. The Bertz CT molecular complexity index is 829. The summed E-state index contributed by atoms with van der Waals surface area (Å²) in [5.41, 5.74) is 0.805. The molecule has 1 amide bonds. The van der Waals surface area contributed by atoms with Crippen LogP contribution in [0, 0.1) is 0 Å². The summed E-state index contributed by atoms with van der Waals surface area (Å²) in [6.45, 7) is 5.74. The molecule has 5 nitrogen and oxygen atoms in total. The van der Waals surface area contributed by atoms with Crippen molar-refractivity contribution in [2.24, 2.45) is 0 Å². The summed E-state index contributed by atoms with van der Waals surface area (Å²) in [5, 5.41) is 5.05. The first kappa shape index (κ1) is 14.7. The van der Waals surface area contributed by atoms with Gasteiger partial charge in [-0.15, -0.1) is 0 Å². The minimum absolute atomic E-state index is 0.193. The van der Waals surface area contributed by atoms with Crippen LogP contribution in [0.5, 0.6) is 0 Å². The van der Waals surface area contributed by atoms with E-state index in [2.05, 4.69) is 21.9 Å². The molecular formula is C16H16ClN3O2. The van der Waals surface area contributed by atoms with Crippen LogP contribution in [0.25, 0.3) is 12.7 Å². The van der Waals surface area contributed by atoms with Gasteiger partial charge in [-0.1, -0.05) is 24.3 Å². The standard InChI is InChI=1S/C16H16ClN3O2/c1-3-12(17)6-11-7-13(19-10(11)2)15(21)20-16(4-5-16)14-8-22-9-18-14/h3,6-9,19H,2,4-5H2,1H3,(H,20,21). The Morgan fingerprint density at radius 2 is 2.36 bits per heavy atom. The van der Waals surface area contributed by atoms with Gasteiger partial charge in [0.25, 0.3) is 5.91 Å². The summed E-state index contributed by atoms with van der Waals surface area (Å²) >= 11 is 5.99. The van der Waals surface area contributed by atoms with Crippen molar-refractivity contribution in [3.05, 3.63) is 51.8 Å². The van der Waals surface area contributed by atoms with E-state index < -0.39 is 5.54 Å². The lowest BCUT2D eigenvalue weighted by atomic mass is 10.2. The molecule has 0 bridgehead atoms. The van der Waals surface area contributed by atoms with E-state index >= 15 is 0 Å². The zero-order valence-electron chi connectivity index (χ0n) is 12.1. The van der Waals surface area contributed by atoms with Gasteiger partial charge in [-0.25, -0.2) is 4.98 Å². The highest BCUT2D eigenvalue weighted by Gasteiger charge is 2.48. The lowest BCUT2D eigenvalue weighted by Crippen LogP contribution is -2.35. The Morgan fingerprint density at radius 3 is 2.95 bits per heavy atom. The monoisotopic (exact) mass is 317 g/mol. The fourth-order valence-electron chi connectivity index (χ4n) is 2.30. The average Bonchev–Trinajstić information content (AvgIpc) is 2.92. The summed E-state index contributed by atoms with van der Waals surface area (Å²) < 4.78 is 5.00. The number of rotatable bonds is 4. The van der Waals surface area contributed by atoms with E-state index in [-0.39, 0.29) is 5.91 Å². The highest BCUT2D eigenvalue weighted by Crippen LogP contribution is 2.44. The lowest BCUT2D eigenvalue weighted by molar-refractivity contribution is 0.0925. The first-order valence-electron chi connectivity index (χ1n) is 6.97. The number of hydrogen-bond donors (Lipinski definition) is 2. The van der Waals surface area contributed by atoms with Crippen molar-refractivity contribution in [2.75, 3.05) is 0 Å². The number of allylic oxidation sites excluding steroid dienone is 2. The number of amides is 1. The Balaban J connectivity index is 1.84. The van der Waals surface area contributed by atoms with Gasteiger partial charge < -0.3 is 14.7 Å². The van der Waals surface area contributed by atoms with Crippen LogP contribution in [0.2, 0.25) is 0 Å². The maximum absolute atomic E-state index is 12.4. The van der Waals surface area contributed by atoms with Crippen molar-refractivity contribution in [2.45, 2.75) is 25.3 Å². The van der Waals surface area contributed by atoms with Crippen molar-refractivity contribution in [1.82, 2.24) is 15.3 Å². The molecule has 0 saturated heterocycles. The van der Waals surface area contributed by atoms with E-state index in [0.29, 0.717) is 16.1 Å². The second-order valence-electron chi connectivity index (χ2n) is 5.34. The van der Waals surface area contributed by atoms with Gasteiger partial charge in [-0.3, -0.25) is 4.79 Å². The zero-order chi connectivity index (χ0) is 15.7. The van der Waals surface area contributed by atoms with Gasteiger partial charge in [0.15, 0.2) is 6.39 Å². The Hall–Kier alpha value is -2.27. The molecule has 3 rings (SSSR count). The molecule has 0 aliphatic heterocycles. The number of nitrogens with zero attached hydrogens (tertiary/aromatic N) is 1. The van der Waals surface area contributed by atoms with E-state index in [1.807, 2.05) is 6.92 Å². The predicted molar refractivity (Wildman–Crippen MR) is 84.5 cm³/mol. The van der Waals surface area contributed by atoms with E-state index in [4.69, 9.17) is 16.0 Å². The fourth-order valence-corrected chi connectivity index (χ4v) is 2.42. The molecule has 114 valence electrons. The summed E-state index contributed by atoms with van der Waals surface area (Å²) in [6, 6.07) is 1.74. The summed E-state index contributed by atoms with van der Waals surface area (Å²) in [4.78, 5) is 19.5. The van der Waals surface area contributed by atoms with Crippen molar-refractivity contribution < 1.29 is 9.21 Å². The molecule has 6 heteroatoms. The number of nitrogens with one attached hydrogen (secondary N) is 2. The van der Waals surface area contributed by atoms with Crippen LogP contribution in [0.3, 0.4) is 0 Å². The van der Waals surface area contributed by atoms with Crippen molar-refractivity contribution in [3.8, 4) is 0 Å². The maximum atomic E-state index is 12.4. The number of oxazole rings is 1. The van der Waals surface area contributed by atoms with Crippen LogP contribution in [-0.2, 0) is 5.54 Å². The number of aromatic amines is 1. The fraction of sp³-hybridized carbons (Fsp3) is 0.250. The number of carbonyl (C=O) groups is 1. The Labute approximate surface area is 132 Å². The van der Waals surface area contributed by atoms with Crippen LogP contribution in [0.1, 0.15) is 35.9 Å². The van der Waals surface area contributed by atoms with Crippen LogP contribution in [-0.4, -0.2) is 15.9 Å². The SMILES string of the molecule is C=c1[nH]c(C(=O)NC2(c3cocn3)CC2)cc1=CC(Cl)=CC. The van der Waals surface area contributed by atoms with Gasteiger partial charge in [0, 0.05) is 15.6 Å². The molecule has 0 radical (unpaired) electrons. The van der Waals surface area contributed by atoms with E-state index in [0.717, 1.165) is 23.8 Å². The van der Waals surface area contributed by atoms with Gasteiger partial charge in [0.2, 0.25) is 0 Å². The smallest absolute Gasteiger partial charge is 0.268 e. The topological polar surface area (TPSA) is 70.9 Å².